The Bertz CT molecular complexity index is 146. The van der Waals surface area contributed by atoms with Crippen molar-refractivity contribution in [2.75, 3.05) is 5.75 Å². The average Bonchev–Trinajstić information content (AvgIpc) is 2.06. The van der Waals surface area contributed by atoms with E-state index in [0.29, 0.717) is 24.1 Å². The van der Waals surface area contributed by atoms with E-state index in [0.717, 1.165) is 12.8 Å². The molecule has 1 unspecified atom stereocenters. The van der Waals surface area contributed by atoms with Crippen molar-refractivity contribution in [3.05, 3.63) is 0 Å². The summed E-state index contributed by atoms with van der Waals surface area (Å²) in [5.41, 5.74) is 0. The molecule has 0 aromatic heterocycles. The fraction of sp³-hybridized carbons (Fsp3) is 0.900. The summed E-state index contributed by atoms with van der Waals surface area (Å²) in [4.78, 5) is 11.2. The molecule has 13 heavy (non-hydrogen) atoms. The number of amides is 1. The maximum absolute atomic E-state index is 11.2. The fourth-order valence-electron chi connectivity index (χ4n) is 1.54. The van der Waals surface area contributed by atoms with E-state index in [-0.39, 0.29) is 5.91 Å². The van der Waals surface area contributed by atoms with E-state index in [1.165, 1.54) is 0 Å². The second-order valence-electron chi connectivity index (χ2n) is 3.41. The van der Waals surface area contributed by atoms with Crippen LogP contribution in [0.15, 0.2) is 0 Å². The minimum Gasteiger partial charge on any atom is -0.353 e. The summed E-state index contributed by atoms with van der Waals surface area (Å²) in [6.07, 6.45) is 2.77. The zero-order valence-electron chi connectivity index (χ0n) is 8.84. The predicted molar refractivity (Wildman–Crippen MR) is 60.1 cm³/mol. The monoisotopic (exact) mass is 203 g/mol. The fourth-order valence-corrected chi connectivity index (χ4v) is 1.74. The van der Waals surface area contributed by atoms with Crippen LogP contribution in [0.2, 0.25) is 0 Å². The molecule has 0 aromatic carbocycles. The van der Waals surface area contributed by atoms with Crippen LogP contribution in [-0.4, -0.2) is 17.7 Å². The van der Waals surface area contributed by atoms with Crippen LogP contribution in [0.4, 0.5) is 0 Å². The van der Waals surface area contributed by atoms with Gasteiger partial charge in [-0.3, -0.25) is 4.79 Å². The summed E-state index contributed by atoms with van der Waals surface area (Å²) in [5.74, 6) is 1.35. The number of carbonyl (C=O) groups excluding carboxylic acids is 1. The van der Waals surface area contributed by atoms with E-state index < -0.39 is 0 Å². The van der Waals surface area contributed by atoms with Gasteiger partial charge in [0.2, 0.25) is 5.91 Å². The van der Waals surface area contributed by atoms with Crippen LogP contribution < -0.4 is 5.32 Å². The zero-order valence-corrected chi connectivity index (χ0v) is 9.73. The van der Waals surface area contributed by atoms with Gasteiger partial charge in [0.1, 0.15) is 0 Å². The summed E-state index contributed by atoms with van der Waals surface area (Å²) in [5, 5.41) is 2.99. The van der Waals surface area contributed by atoms with Crippen LogP contribution in [0.25, 0.3) is 0 Å². The van der Waals surface area contributed by atoms with Gasteiger partial charge in [0.05, 0.1) is 0 Å². The van der Waals surface area contributed by atoms with Crippen LogP contribution in [0.1, 0.15) is 40.0 Å². The molecule has 0 saturated heterocycles. The van der Waals surface area contributed by atoms with Crippen molar-refractivity contribution in [1.29, 1.82) is 0 Å². The molecule has 0 aliphatic rings. The Labute approximate surface area is 86.9 Å². The molecular formula is C10H21NOS. The van der Waals surface area contributed by atoms with Crippen LogP contribution in [-0.2, 0) is 4.79 Å². The van der Waals surface area contributed by atoms with Crippen molar-refractivity contribution in [2.45, 2.75) is 46.1 Å². The number of nitrogens with one attached hydrogen (secondary N) is 1. The quantitative estimate of drug-likeness (QED) is 0.637. The molecule has 1 amide bonds. The van der Waals surface area contributed by atoms with E-state index in [1.54, 1.807) is 0 Å². The predicted octanol–water partition coefficient (Wildman–Crippen LogP) is 2.25. The highest BCUT2D eigenvalue weighted by Crippen LogP contribution is 2.12. The molecule has 3 heteroatoms. The van der Waals surface area contributed by atoms with Gasteiger partial charge in [-0.1, -0.05) is 26.7 Å². The standard InChI is InChI=1S/C10H21NOS/c1-4-9(5-2)8(3)11-10(12)6-7-13/h8-9,13H,4-7H2,1-3H3,(H,11,12). The summed E-state index contributed by atoms with van der Waals surface area (Å²) in [6, 6.07) is 0.294. The molecule has 2 nitrogen and oxygen atoms in total. The number of hydrogen-bond acceptors (Lipinski definition) is 2. The van der Waals surface area contributed by atoms with Crippen LogP contribution >= 0.6 is 12.6 Å². The molecule has 78 valence electrons. The molecule has 0 fully saturated rings. The first-order valence-electron chi connectivity index (χ1n) is 5.05. The molecule has 0 rings (SSSR count). The molecule has 0 bridgehead atoms. The summed E-state index contributed by atoms with van der Waals surface area (Å²) >= 11 is 4.02. The highest BCUT2D eigenvalue weighted by atomic mass is 32.1. The molecular weight excluding hydrogens is 182 g/mol. The Hall–Kier alpha value is -0.180. The Morgan fingerprint density at radius 1 is 1.38 bits per heavy atom. The molecule has 1 N–H and O–H groups in total. The Morgan fingerprint density at radius 2 is 1.92 bits per heavy atom. The van der Waals surface area contributed by atoms with Crippen LogP contribution in [0.5, 0.6) is 0 Å². The van der Waals surface area contributed by atoms with E-state index in [4.69, 9.17) is 0 Å². The lowest BCUT2D eigenvalue weighted by Crippen LogP contribution is -2.37. The average molecular weight is 203 g/mol. The first-order valence-corrected chi connectivity index (χ1v) is 5.69. The third-order valence-electron chi connectivity index (χ3n) is 2.48. The second kappa shape index (κ2) is 7.25. The molecule has 0 aliphatic heterocycles. The minimum atomic E-state index is 0.120. The molecule has 0 aliphatic carbocycles. The van der Waals surface area contributed by atoms with Crippen LogP contribution in [0.3, 0.4) is 0 Å². The topological polar surface area (TPSA) is 29.1 Å². The Morgan fingerprint density at radius 3 is 2.31 bits per heavy atom. The third kappa shape index (κ3) is 5.19. The highest BCUT2D eigenvalue weighted by Gasteiger charge is 2.14. The molecule has 0 heterocycles. The zero-order chi connectivity index (χ0) is 10.3. The van der Waals surface area contributed by atoms with Crippen molar-refractivity contribution in [3.63, 3.8) is 0 Å². The van der Waals surface area contributed by atoms with E-state index >= 15 is 0 Å². The molecule has 0 saturated carbocycles. The van der Waals surface area contributed by atoms with Gasteiger partial charge >= 0.3 is 0 Å². The Balaban J connectivity index is 3.82. The first kappa shape index (κ1) is 12.8. The minimum absolute atomic E-state index is 0.120. The molecule has 0 aromatic rings. The number of rotatable bonds is 6. The number of thiol groups is 1. The lowest BCUT2D eigenvalue weighted by molar-refractivity contribution is -0.121. The van der Waals surface area contributed by atoms with Gasteiger partial charge in [0.25, 0.3) is 0 Å². The summed E-state index contributed by atoms with van der Waals surface area (Å²) < 4.78 is 0. The molecule has 0 spiro atoms. The van der Waals surface area contributed by atoms with Gasteiger partial charge in [0, 0.05) is 12.5 Å². The normalized spacial score (nSPS) is 13.0. The number of hydrogen-bond donors (Lipinski definition) is 2. The lowest BCUT2D eigenvalue weighted by Gasteiger charge is -2.22. The Kier molecular flexibility index (Phi) is 7.14. The van der Waals surface area contributed by atoms with Crippen molar-refractivity contribution in [2.24, 2.45) is 5.92 Å². The van der Waals surface area contributed by atoms with E-state index in [1.807, 2.05) is 0 Å². The van der Waals surface area contributed by atoms with Crippen LogP contribution in [0, 0.1) is 5.92 Å². The maximum Gasteiger partial charge on any atom is 0.221 e. The number of carbonyl (C=O) groups is 1. The second-order valence-corrected chi connectivity index (χ2v) is 3.85. The smallest absolute Gasteiger partial charge is 0.221 e. The SMILES string of the molecule is CCC(CC)C(C)NC(=O)CCS. The van der Waals surface area contributed by atoms with Gasteiger partial charge in [-0.05, 0) is 18.6 Å². The third-order valence-corrected chi connectivity index (χ3v) is 2.71. The van der Waals surface area contributed by atoms with Gasteiger partial charge in [-0.25, -0.2) is 0 Å². The molecule has 0 radical (unpaired) electrons. The highest BCUT2D eigenvalue weighted by molar-refractivity contribution is 7.80. The van der Waals surface area contributed by atoms with Crippen molar-refractivity contribution >= 4 is 18.5 Å². The summed E-state index contributed by atoms with van der Waals surface area (Å²) in [7, 11) is 0. The lowest BCUT2D eigenvalue weighted by atomic mass is 9.95. The maximum atomic E-state index is 11.2. The first-order chi connectivity index (χ1) is 6.15. The van der Waals surface area contributed by atoms with Gasteiger partial charge in [-0.2, -0.15) is 12.6 Å². The van der Waals surface area contributed by atoms with E-state index in [9.17, 15) is 4.79 Å². The summed E-state index contributed by atoms with van der Waals surface area (Å²) in [6.45, 7) is 6.40. The van der Waals surface area contributed by atoms with Crippen molar-refractivity contribution < 1.29 is 4.79 Å². The van der Waals surface area contributed by atoms with Gasteiger partial charge < -0.3 is 5.32 Å². The van der Waals surface area contributed by atoms with E-state index in [2.05, 4.69) is 38.7 Å². The van der Waals surface area contributed by atoms with Crippen molar-refractivity contribution in [1.82, 2.24) is 5.32 Å². The largest absolute Gasteiger partial charge is 0.353 e. The molecule has 1 atom stereocenters. The van der Waals surface area contributed by atoms with Gasteiger partial charge in [-0.15, -0.1) is 0 Å². The van der Waals surface area contributed by atoms with Gasteiger partial charge in [0.15, 0.2) is 0 Å². The van der Waals surface area contributed by atoms with Crippen molar-refractivity contribution in [3.8, 4) is 0 Å².